The SMILES string of the molecule is O=S(=O)(NC1CCC(CO)CC1)C1CCC1. The van der Waals surface area contributed by atoms with Crippen LogP contribution >= 0.6 is 0 Å². The van der Waals surface area contributed by atoms with Crippen molar-refractivity contribution in [2.45, 2.75) is 56.2 Å². The van der Waals surface area contributed by atoms with Gasteiger partial charge in [-0.05, 0) is 44.4 Å². The van der Waals surface area contributed by atoms with Crippen LogP contribution in [0.15, 0.2) is 0 Å². The zero-order chi connectivity index (χ0) is 11.6. The Morgan fingerprint density at radius 2 is 1.69 bits per heavy atom. The molecule has 0 heterocycles. The van der Waals surface area contributed by atoms with Crippen molar-refractivity contribution in [3.63, 3.8) is 0 Å². The zero-order valence-electron chi connectivity index (χ0n) is 9.56. The monoisotopic (exact) mass is 247 g/mol. The van der Waals surface area contributed by atoms with Crippen molar-refractivity contribution in [2.24, 2.45) is 5.92 Å². The van der Waals surface area contributed by atoms with Gasteiger partial charge in [-0.25, -0.2) is 13.1 Å². The van der Waals surface area contributed by atoms with Crippen LogP contribution in [0.4, 0.5) is 0 Å². The van der Waals surface area contributed by atoms with Crippen molar-refractivity contribution in [1.82, 2.24) is 4.72 Å². The van der Waals surface area contributed by atoms with Gasteiger partial charge < -0.3 is 5.11 Å². The Hall–Kier alpha value is -0.130. The molecule has 4 nitrogen and oxygen atoms in total. The third-order valence-electron chi connectivity index (χ3n) is 3.93. The average Bonchev–Trinajstić information content (AvgIpc) is 2.14. The van der Waals surface area contributed by atoms with Crippen LogP contribution in [0.3, 0.4) is 0 Å². The topological polar surface area (TPSA) is 66.4 Å². The molecule has 0 aromatic heterocycles. The molecule has 0 atom stereocenters. The molecule has 0 aromatic carbocycles. The lowest BCUT2D eigenvalue weighted by Gasteiger charge is -2.31. The van der Waals surface area contributed by atoms with Crippen molar-refractivity contribution in [2.75, 3.05) is 6.61 Å². The first-order valence-electron chi connectivity index (χ1n) is 6.24. The number of aliphatic hydroxyl groups excluding tert-OH is 1. The van der Waals surface area contributed by atoms with E-state index in [0.717, 1.165) is 44.9 Å². The van der Waals surface area contributed by atoms with Crippen molar-refractivity contribution < 1.29 is 13.5 Å². The molecule has 0 aliphatic heterocycles. The molecular formula is C11H21NO3S. The molecule has 0 bridgehead atoms. The first-order valence-corrected chi connectivity index (χ1v) is 7.78. The number of rotatable bonds is 4. The number of hydrogen-bond acceptors (Lipinski definition) is 3. The molecule has 2 fully saturated rings. The smallest absolute Gasteiger partial charge is 0.214 e. The van der Waals surface area contributed by atoms with Gasteiger partial charge in [-0.2, -0.15) is 0 Å². The summed E-state index contributed by atoms with van der Waals surface area (Å²) in [6, 6.07) is 0.105. The maximum atomic E-state index is 11.9. The second kappa shape index (κ2) is 5.02. The van der Waals surface area contributed by atoms with Crippen LogP contribution in [0.5, 0.6) is 0 Å². The highest BCUT2D eigenvalue weighted by Crippen LogP contribution is 2.28. The van der Waals surface area contributed by atoms with E-state index in [1.54, 1.807) is 0 Å². The molecule has 0 spiro atoms. The minimum atomic E-state index is -3.06. The van der Waals surface area contributed by atoms with Crippen LogP contribution in [0.25, 0.3) is 0 Å². The van der Waals surface area contributed by atoms with Crippen LogP contribution in [0.1, 0.15) is 44.9 Å². The standard InChI is InChI=1S/C11H21NO3S/c13-8-9-4-6-10(7-5-9)12-16(14,15)11-2-1-3-11/h9-13H,1-8H2. The van der Waals surface area contributed by atoms with E-state index in [0.29, 0.717) is 5.92 Å². The van der Waals surface area contributed by atoms with Gasteiger partial charge >= 0.3 is 0 Å². The molecule has 94 valence electrons. The number of sulfonamides is 1. The molecule has 0 radical (unpaired) electrons. The van der Waals surface area contributed by atoms with Crippen LogP contribution < -0.4 is 4.72 Å². The van der Waals surface area contributed by atoms with Crippen LogP contribution in [-0.4, -0.2) is 31.4 Å². The van der Waals surface area contributed by atoms with E-state index in [-0.39, 0.29) is 17.9 Å². The Balaban J connectivity index is 1.82. The Morgan fingerprint density at radius 3 is 2.12 bits per heavy atom. The van der Waals surface area contributed by atoms with Crippen molar-refractivity contribution in [1.29, 1.82) is 0 Å². The van der Waals surface area contributed by atoms with E-state index in [1.165, 1.54) is 0 Å². The second-order valence-corrected chi connectivity index (χ2v) is 7.11. The van der Waals surface area contributed by atoms with Crippen LogP contribution in [0.2, 0.25) is 0 Å². The van der Waals surface area contributed by atoms with E-state index < -0.39 is 10.0 Å². The molecule has 0 unspecified atom stereocenters. The summed E-state index contributed by atoms with van der Waals surface area (Å²) in [5.41, 5.74) is 0. The quantitative estimate of drug-likeness (QED) is 0.779. The van der Waals surface area contributed by atoms with Gasteiger partial charge in [0.05, 0.1) is 5.25 Å². The van der Waals surface area contributed by atoms with E-state index in [4.69, 9.17) is 5.11 Å². The maximum absolute atomic E-state index is 11.9. The number of nitrogens with one attached hydrogen (secondary N) is 1. The third-order valence-corrected chi connectivity index (χ3v) is 5.94. The molecular weight excluding hydrogens is 226 g/mol. The average molecular weight is 247 g/mol. The van der Waals surface area contributed by atoms with E-state index in [2.05, 4.69) is 4.72 Å². The molecule has 16 heavy (non-hydrogen) atoms. The van der Waals surface area contributed by atoms with E-state index >= 15 is 0 Å². The predicted octanol–water partition coefficient (Wildman–Crippen LogP) is 1.01. The highest BCUT2D eigenvalue weighted by Gasteiger charge is 2.33. The summed E-state index contributed by atoms with van der Waals surface area (Å²) in [5, 5.41) is 8.87. The Labute approximate surface area is 97.5 Å². The normalized spacial score (nSPS) is 32.3. The molecule has 2 aliphatic carbocycles. The van der Waals surface area contributed by atoms with Gasteiger partial charge in [0.2, 0.25) is 10.0 Å². The summed E-state index contributed by atoms with van der Waals surface area (Å²) in [5.74, 6) is 0.379. The Kier molecular flexibility index (Phi) is 3.87. The first-order chi connectivity index (χ1) is 7.62. The minimum absolute atomic E-state index is 0.105. The maximum Gasteiger partial charge on any atom is 0.214 e. The molecule has 5 heteroatoms. The lowest BCUT2D eigenvalue weighted by atomic mass is 9.87. The van der Waals surface area contributed by atoms with E-state index in [9.17, 15) is 8.42 Å². The van der Waals surface area contributed by atoms with Gasteiger partial charge in [-0.15, -0.1) is 0 Å². The highest BCUT2D eigenvalue weighted by molar-refractivity contribution is 7.90. The Bertz CT molecular complexity index is 316. The van der Waals surface area contributed by atoms with Crippen molar-refractivity contribution >= 4 is 10.0 Å². The molecule has 2 N–H and O–H groups in total. The van der Waals surface area contributed by atoms with Crippen molar-refractivity contribution in [3.8, 4) is 0 Å². The molecule has 2 rings (SSSR count). The number of aliphatic hydroxyl groups is 1. The van der Waals surface area contributed by atoms with Crippen LogP contribution in [-0.2, 0) is 10.0 Å². The fourth-order valence-electron chi connectivity index (χ4n) is 2.47. The van der Waals surface area contributed by atoms with Gasteiger partial charge in [0, 0.05) is 12.6 Å². The van der Waals surface area contributed by atoms with E-state index in [1.807, 2.05) is 0 Å². The summed E-state index contributed by atoms with van der Waals surface area (Å²) in [6.45, 7) is 0.238. The van der Waals surface area contributed by atoms with Gasteiger partial charge in [-0.1, -0.05) is 6.42 Å². The predicted molar refractivity (Wildman–Crippen MR) is 62.5 cm³/mol. The lowest BCUT2D eigenvalue weighted by molar-refractivity contribution is 0.180. The summed E-state index contributed by atoms with van der Waals surface area (Å²) in [6.07, 6.45) is 6.31. The second-order valence-electron chi connectivity index (χ2n) is 5.12. The van der Waals surface area contributed by atoms with Gasteiger partial charge in [-0.3, -0.25) is 0 Å². The summed E-state index contributed by atoms with van der Waals surface area (Å²) >= 11 is 0. The molecule has 2 aliphatic rings. The molecule has 0 aromatic rings. The summed E-state index contributed by atoms with van der Waals surface area (Å²) < 4.78 is 26.6. The van der Waals surface area contributed by atoms with Gasteiger partial charge in [0.1, 0.15) is 0 Å². The largest absolute Gasteiger partial charge is 0.396 e. The highest BCUT2D eigenvalue weighted by atomic mass is 32.2. The third kappa shape index (κ3) is 2.76. The fourth-order valence-corrected chi connectivity index (χ4v) is 4.32. The molecule has 0 saturated heterocycles. The summed E-state index contributed by atoms with van der Waals surface area (Å²) in [7, 11) is -3.06. The zero-order valence-corrected chi connectivity index (χ0v) is 10.4. The van der Waals surface area contributed by atoms with Gasteiger partial charge in [0.25, 0.3) is 0 Å². The van der Waals surface area contributed by atoms with Crippen molar-refractivity contribution in [3.05, 3.63) is 0 Å². The number of hydrogen-bond donors (Lipinski definition) is 2. The fraction of sp³-hybridized carbons (Fsp3) is 1.00. The lowest BCUT2D eigenvalue weighted by Crippen LogP contribution is -2.45. The summed E-state index contributed by atoms with van der Waals surface area (Å²) in [4.78, 5) is 0. The Morgan fingerprint density at radius 1 is 1.06 bits per heavy atom. The van der Waals surface area contributed by atoms with Crippen LogP contribution in [0, 0.1) is 5.92 Å². The molecule has 0 amide bonds. The molecule has 2 saturated carbocycles. The van der Waals surface area contributed by atoms with Gasteiger partial charge in [0.15, 0.2) is 0 Å². The first kappa shape index (κ1) is 12.3. The minimum Gasteiger partial charge on any atom is -0.396 e.